The SMILES string of the molecule is C=CCNC(=O)CNC(=O)NC[C@H]1C[C@@]12CCc1ccccc12. The van der Waals surface area contributed by atoms with Gasteiger partial charge in [0.05, 0.1) is 6.54 Å². The summed E-state index contributed by atoms with van der Waals surface area (Å²) in [6.07, 6.45) is 5.07. The molecule has 1 aromatic rings. The molecule has 0 heterocycles. The molecule has 3 amide bonds. The topological polar surface area (TPSA) is 70.2 Å². The molecule has 1 spiro atoms. The summed E-state index contributed by atoms with van der Waals surface area (Å²) < 4.78 is 0. The third kappa shape index (κ3) is 3.23. The normalized spacial score (nSPS) is 23.9. The summed E-state index contributed by atoms with van der Waals surface area (Å²) in [5, 5.41) is 8.08. The van der Waals surface area contributed by atoms with Gasteiger partial charge in [0, 0.05) is 18.5 Å². The van der Waals surface area contributed by atoms with E-state index < -0.39 is 0 Å². The molecule has 0 radical (unpaired) electrons. The average Bonchev–Trinajstić information content (AvgIpc) is 3.16. The lowest BCUT2D eigenvalue weighted by atomic mass is 9.95. The molecule has 1 saturated carbocycles. The van der Waals surface area contributed by atoms with Crippen molar-refractivity contribution in [1.29, 1.82) is 0 Å². The molecule has 0 bridgehead atoms. The van der Waals surface area contributed by atoms with E-state index in [0.717, 1.165) is 12.8 Å². The Morgan fingerprint density at radius 3 is 2.91 bits per heavy atom. The number of carbonyl (C=O) groups excluding carboxylic acids is 2. The maximum atomic E-state index is 11.8. The van der Waals surface area contributed by atoms with Crippen LogP contribution in [-0.2, 0) is 16.6 Å². The highest BCUT2D eigenvalue weighted by Gasteiger charge is 2.57. The molecular formula is C18H23N3O2. The standard InChI is InChI=1S/C18H23N3O2/c1-2-9-19-16(22)12-21-17(23)20-11-14-10-18(14)8-7-13-5-3-4-6-15(13)18/h2-6,14H,1,7-12H2,(H,19,22)(H2,20,21,23)/t14-,18+/m1/s1. The Hall–Kier alpha value is -2.30. The van der Waals surface area contributed by atoms with Crippen molar-refractivity contribution in [2.45, 2.75) is 24.7 Å². The van der Waals surface area contributed by atoms with E-state index in [4.69, 9.17) is 0 Å². The fourth-order valence-electron chi connectivity index (χ4n) is 3.69. The first-order chi connectivity index (χ1) is 11.2. The molecule has 1 aromatic carbocycles. The van der Waals surface area contributed by atoms with Crippen molar-refractivity contribution in [3.05, 3.63) is 48.0 Å². The largest absolute Gasteiger partial charge is 0.351 e. The number of hydrogen-bond donors (Lipinski definition) is 3. The molecule has 3 N–H and O–H groups in total. The van der Waals surface area contributed by atoms with Crippen molar-refractivity contribution >= 4 is 11.9 Å². The van der Waals surface area contributed by atoms with Crippen LogP contribution in [-0.4, -0.2) is 31.6 Å². The molecule has 2 aliphatic rings. The molecule has 0 aromatic heterocycles. The highest BCUT2D eigenvalue weighted by atomic mass is 16.2. The number of rotatable bonds is 6. The summed E-state index contributed by atoms with van der Waals surface area (Å²) in [6, 6.07) is 8.35. The van der Waals surface area contributed by atoms with Crippen molar-refractivity contribution in [2.24, 2.45) is 5.92 Å². The lowest BCUT2D eigenvalue weighted by Gasteiger charge is -2.12. The van der Waals surface area contributed by atoms with E-state index >= 15 is 0 Å². The van der Waals surface area contributed by atoms with Crippen LogP contribution in [0, 0.1) is 5.92 Å². The Kier molecular flexibility index (Phi) is 4.37. The summed E-state index contributed by atoms with van der Waals surface area (Å²) in [5.41, 5.74) is 3.21. The number of aryl methyl sites for hydroxylation is 1. The molecule has 0 saturated heterocycles. The Labute approximate surface area is 136 Å². The molecule has 1 fully saturated rings. The number of nitrogens with one attached hydrogen (secondary N) is 3. The second-order valence-electron chi connectivity index (χ2n) is 6.37. The molecular weight excluding hydrogens is 290 g/mol. The second-order valence-corrected chi connectivity index (χ2v) is 6.37. The zero-order chi connectivity index (χ0) is 16.3. The number of fused-ring (bicyclic) bond motifs is 2. The van der Waals surface area contributed by atoms with Gasteiger partial charge in [-0.3, -0.25) is 4.79 Å². The Morgan fingerprint density at radius 1 is 1.26 bits per heavy atom. The number of amides is 3. The summed E-state index contributed by atoms with van der Waals surface area (Å²) in [7, 11) is 0. The van der Waals surface area contributed by atoms with Crippen molar-refractivity contribution in [3.8, 4) is 0 Å². The van der Waals surface area contributed by atoms with Crippen LogP contribution in [0.15, 0.2) is 36.9 Å². The van der Waals surface area contributed by atoms with Crippen LogP contribution in [0.5, 0.6) is 0 Å². The number of carbonyl (C=O) groups is 2. The summed E-state index contributed by atoms with van der Waals surface area (Å²) in [5.74, 6) is 0.291. The third-order valence-electron chi connectivity index (χ3n) is 4.99. The zero-order valence-corrected chi connectivity index (χ0v) is 13.2. The van der Waals surface area contributed by atoms with E-state index in [-0.39, 0.29) is 23.9 Å². The monoisotopic (exact) mass is 313 g/mol. The highest BCUT2D eigenvalue weighted by Crippen LogP contribution is 2.61. The van der Waals surface area contributed by atoms with Gasteiger partial charge in [-0.05, 0) is 36.3 Å². The van der Waals surface area contributed by atoms with Gasteiger partial charge in [0.15, 0.2) is 0 Å². The molecule has 3 rings (SSSR count). The van der Waals surface area contributed by atoms with Crippen LogP contribution in [0.25, 0.3) is 0 Å². The maximum Gasteiger partial charge on any atom is 0.315 e. The summed E-state index contributed by atoms with van der Waals surface area (Å²) >= 11 is 0. The third-order valence-corrected chi connectivity index (χ3v) is 4.99. The molecule has 5 heteroatoms. The summed E-state index contributed by atoms with van der Waals surface area (Å²) in [6.45, 7) is 4.57. The van der Waals surface area contributed by atoms with E-state index in [1.165, 1.54) is 17.5 Å². The summed E-state index contributed by atoms with van der Waals surface area (Å²) in [4.78, 5) is 23.2. The lowest BCUT2D eigenvalue weighted by molar-refractivity contribution is -0.119. The Balaban J connectivity index is 1.42. The Bertz CT molecular complexity index is 628. The van der Waals surface area contributed by atoms with Crippen LogP contribution >= 0.6 is 0 Å². The van der Waals surface area contributed by atoms with Gasteiger partial charge in [-0.1, -0.05) is 30.3 Å². The van der Waals surface area contributed by atoms with Crippen LogP contribution in [0.1, 0.15) is 24.0 Å². The van der Waals surface area contributed by atoms with Crippen molar-refractivity contribution < 1.29 is 9.59 Å². The van der Waals surface area contributed by atoms with Crippen LogP contribution in [0.2, 0.25) is 0 Å². The fourth-order valence-corrected chi connectivity index (χ4v) is 3.69. The average molecular weight is 313 g/mol. The first-order valence-electron chi connectivity index (χ1n) is 8.13. The minimum absolute atomic E-state index is 0.0156. The van der Waals surface area contributed by atoms with Gasteiger partial charge >= 0.3 is 6.03 Å². The van der Waals surface area contributed by atoms with Gasteiger partial charge in [0.25, 0.3) is 0 Å². The predicted molar refractivity (Wildman–Crippen MR) is 89.2 cm³/mol. The molecule has 0 aliphatic heterocycles. The molecule has 5 nitrogen and oxygen atoms in total. The molecule has 2 aliphatic carbocycles. The van der Waals surface area contributed by atoms with Gasteiger partial charge in [-0.25, -0.2) is 4.79 Å². The van der Waals surface area contributed by atoms with Crippen LogP contribution < -0.4 is 16.0 Å². The highest BCUT2D eigenvalue weighted by molar-refractivity contribution is 5.83. The quantitative estimate of drug-likeness (QED) is 0.697. The zero-order valence-electron chi connectivity index (χ0n) is 13.2. The van der Waals surface area contributed by atoms with E-state index in [0.29, 0.717) is 19.0 Å². The van der Waals surface area contributed by atoms with Gasteiger partial charge in [0.1, 0.15) is 0 Å². The lowest BCUT2D eigenvalue weighted by Crippen LogP contribution is -2.42. The number of hydrogen-bond acceptors (Lipinski definition) is 2. The Morgan fingerprint density at radius 2 is 2.09 bits per heavy atom. The molecule has 0 unspecified atom stereocenters. The smallest absolute Gasteiger partial charge is 0.315 e. The van der Waals surface area contributed by atoms with Gasteiger partial charge in [-0.2, -0.15) is 0 Å². The fraction of sp³-hybridized carbons (Fsp3) is 0.444. The van der Waals surface area contributed by atoms with Crippen LogP contribution in [0.4, 0.5) is 4.79 Å². The minimum Gasteiger partial charge on any atom is -0.351 e. The van der Waals surface area contributed by atoms with E-state index in [1.54, 1.807) is 6.08 Å². The minimum atomic E-state index is -0.285. The van der Waals surface area contributed by atoms with E-state index in [2.05, 4.69) is 46.8 Å². The van der Waals surface area contributed by atoms with Crippen molar-refractivity contribution in [3.63, 3.8) is 0 Å². The predicted octanol–water partition coefficient (Wildman–Crippen LogP) is 1.49. The van der Waals surface area contributed by atoms with E-state index in [9.17, 15) is 9.59 Å². The second kappa shape index (κ2) is 6.44. The van der Waals surface area contributed by atoms with Gasteiger partial charge in [0.2, 0.25) is 5.91 Å². The van der Waals surface area contributed by atoms with E-state index in [1.807, 2.05) is 0 Å². The van der Waals surface area contributed by atoms with Crippen molar-refractivity contribution in [2.75, 3.05) is 19.6 Å². The molecule has 23 heavy (non-hydrogen) atoms. The van der Waals surface area contributed by atoms with Crippen LogP contribution in [0.3, 0.4) is 0 Å². The molecule has 122 valence electrons. The number of urea groups is 1. The van der Waals surface area contributed by atoms with Gasteiger partial charge in [-0.15, -0.1) is 6.58 Å². The number of benzene rings is 1. The first kappa shape index (κ1) is 15.6. The first-order valence-corrected chi connectivity index (χ1v) is 8.13. The molecule has 2 atom stereocenters. The van der Waals surface area contributed by atoms with Crippen molar-refractivity contribution in [1.82, 2.24) is 16.0 Å². The maximum absolute atomic E-state index is 11.8. The van der Waals surface area contributed by atoms with Gasteiger partial charge < -0.3 is 16.0 Å².